The van der Waals surface area contributed by atoms with Gasteiger partial charge in [-0.1, -0.05) is 12.1 Å². The summed E-state index contributed by atoms with van der Waals surface area (Å²) in [5, 5.41) is 6.16. The predicted molar refractivity (Wildman–Crippen MR) is 95.9 cm³/mol. The first kappa shape index (κ1) is 17.4. The Morgan fingerprint density at radius 1 is 1.08 bits per heavy atom. The highest BCUT2D eigenvalue weighted by atomic mass is 35.5. The maximum atomic E-state index is 12.5. The van der Waals surface area contributed by atoms with Crippen LogP contribution in [0.3, 0.4) is 0 Å². The van der Waals surface area contributed by atoms with Crippen LogP contribution in [0.15, 0.2) is 42.5 Å². The van der Waals surface area contributed by atoms with Crippen LogP contribution in [0, 0.1) is 0 Å². The Kier molecular flexibility index (Phi) is 5.31. The second-order valence-electron chi connectivity index (χ2n) is 5.70. The van der Waals surface area contributed by atoms with Crippen molar-refractivity contribution in [2.75, 3.05) is 25.1 Å². The van der Waals surface area contributed by atoms with E-state index in [9.17, 15) is 4.79 Å². The molecular formula is C18H19ClN2O4. The number of nitrogens with one attached hydrogen (secondary N) is 2. The van der Waals surface area contributed by atoms with Crippen molar-refractivity contribution in [1.82, 2.24) is 5.32 Å². The van der Waals surface area contributed by atoms with E-state index in [-0.39, 0.29) is 24.9 Å². The molecule has 0 aromatic heterocycles. The van der Waals surface area contributed by atoms with Crippen LogP contribution in [-0.2, 0) is 11.3 Å². The van der Waals surface area contributed by atoms with Crippen LogP contribution >= 0.6 is 12.4 Å². The third kappa shape index (κ3) is 3.81. The van der Waals surface area contributed by atoms with Gasteiger partial charge in [0.05, 0.1) is 0 Å². The van der Waals surface area contributed by atoms with Crippen molar-refractivity contribution in [3.05, 3.63) is 48.0 Å². The number of anilines is 1. The lowest BCUT2D eigenvalue weighted by atomic mass is 10.1. The van der Waals surface area contributed by atoms with Crippen molar-refractivity contribution in [3.8, 4) is 17.2 Å². The topological polar surface area (TPSA) is 68.8 Å². The van der Waals surface area contributed by atoms with E-state index in [4.69, 9.17) is 14.2 Å². The number of carbonyl (C=O) groups is 1. The monoisotopic (exact) mass is 362 g/mol. The number of ether oxygens (including phenoxy) is 3. The lowest BCUT2D eigenvalue weighted by Gasteiger charge is -2.25. The molecule has 4 rings (SSSR count). The van der Waals surface area contributed by atoms with Crippen LogP contribution in [0.1, 0.15) is 5.56 Å². The molecule has 0 saturated carbocycles. The van der Waals surface area contributed by atoms with Gasteiger partial charge in [0.25, 0.3) is 5.91 Å². The third-order valence-corrected chi connectivity index (χ3v) is 3.98. The zero-order valence-corrected chi connectivity index (χ0v) is 14.3. The van der Waals surface area contributed by atoms with Crippen LogP contribution in [0.4, 0.5) is 5.69 Å². The van der Waals surface area contributed by atoms with E-state index in [0.717, 1.165) is 24.4 Å². The van der Waals surface area contributed by atoms with Crippen molar-refractivity contribution < 1.29 is 19.0 Å². The maximum absolute atomic E-state index is 12.5. The molecule has 0 fully saturated rings. The first-order chi connectivity index (χ1) is 11.8. The van der Waals surface area contributed by atoms with Crippen LogP contribution in [0.5, 0.6) is 17.2 Å². The Labute approximate surface area is 151 Å². The zero-order valence-electron chi connectivity index (χ0n) is 13.5. The summed E-state index contributed by atoms with van der Waals surface area (Å²) < 4.78 is 17.0. The Bertz CT molecular complexity index is 768. The van der Waals surface area contributed by atoms with Crippen LogP contribution in [-0.4, -0.2) is 31.8 Å². The average Bonchev–Trinajstić information content (AvgIpc) is 2.86. The van der Waals surface area contributed by atoms with Gasteiger partial charge in [0.1, 0.15) is 19.0 Å². The molecule has 1 atom stereocenters. The molecule has 25 heavy (non-hydrogen) atoms. The first-order valence-corrected chi connectivity index (χ1v) is 7.95. The lowest BCUT2D eigenvalue weighted by Crippen LogP contribution is -2.40. The molecule has 2 aromatic carbocycles. The zero-order chi connectivity index (χ0) is 16.4. The Balaban J connectivity index is 0.00000182. The van der Waals surface area contributed by atoms with Crippen LogP contribution in [0.2, 0.25) is 0 Å². The molecule has 7 heteroatoms. The number of halogens is 1. The van der Waals surface area contributed by atoms with Crippen molar-refractivity contribution in [2.45, 2.75) is 12.6 Å². The molecule has 0 aliphatic carbocycles. The number of hydrogen-bond donors (Lipinski definition) is 2. The van der Waals surface area contributed by atoms with E-state index in [1.54, 1.807) is 6.07 Å². The normalized spacial score (nSPS) is 18.0. The number of carbonyl (C=O) groups excluding carboxylic acids is 1. The molecule has 1 unspecified atom stereocenters. The number of amides is 1. The minimum atomic E-state index is -0.673. The maximum Gasteiger partial charge on any atom is 0.269 e. The lowest BCUT2D eigenvalue weighted by molar-refractivity contribution is -0.125. The second-order valence-corrected chi connectivity index (χ2v) is 5.70. The van der Waals surface area contributed by atoms with Crippen molar-refractivity contribution in [3.63, 3.8) is 0 Å². The van der Waals surface area contributed by atoms with Crippen LogP contribution < -0.4 is 24.8 Å². The third-order valence-electron chi connectivity index (χ3n) is 3.98. The molecule has 2 aromatic rings. The van der Waals surface area contributed by atoms with Gasteiger partial charge in [-0.15, -0.1) is 12.4 Å². The quantitative estimate of drug-likeness (QED) is 0.858. The number of para-hydroxylation sites is 2. The van der Waals surface area contributed by atoms with Gasteiger partial charge >= 0.3 is 0 Å². The molecule has 2 aliphatic heterocycles. The smallest absolute Gasteiger partial charge is 0.269 e. The van der Waals surface area contributed by atoms with Gasteiger partial charge in [-0.2, -0.15) is 0 Å². The minimum absolute atomic E-state index is 0. The van der Waals surface area contributed by atoms with Gasteiger partial charge in [-0.25, -0.2) is 0 Å². The standard InChI is InChI=1S/C18H18N2O4.ClH/c21-18(17-11-23-15-3-1-2-4-16(15)24-17)20-13-5-6-14-12(9-13)10-19-7-8-22-14;/h1-6,9,17,19H,7-8,10-11H2,(H,20,21);1H. The molecule has 6 nitrogen and oxygen atoms in total. The largest absolute Gasteiger partial charge is 0.492 e. The van der Waals surface area contributed by atoms with Crippen molar-refractivity contribution >= 4 is 24.0 Å². The average molecular weight is 363 g/mol. The van der Waals surface area contributed by atoms with E-state index in [2.05, 4.69) is 10.6 Å². The summed E-state index contributed by atoms with van der Waals surface area (Å²) in [6, 6.07) is 13.0. The molecule has 0 radical (unpaired) electrons. The fourth-order valence-corrected chi connectivity index (χ4v) is 2.76. The van der Waals surface area contributed by atoms with E-state index in [1.165, 1.54) is 0 Å². The fraction of sp³-hybridized carbons (Fsp3) is 0.278. The van der Waals surface area contributed by atoms with E-state index in [1.807, 2.05) is 36.4 Å². The molecule has 0 saturated heterocycles. The summed E-state index contributed by atoms with van der Waals surface area (Å²) in [7, 11) is 0. The van der Waals surface area contributed by atoms with E-state index in [0.29, 0.717) is 23.8 Å². The number of benzene rings is 2. The van der Waals surface area contributed by atoms with Gasteiger partial charge in [-0.3, -0.25) is 4.79 Å². The summed E-state index contributed by atoms with van der Waals surface area (Å²) in [4.78, 5) is 12.5. The number of hydrogen-bond acceptors (Lipinski definition) is 5. The molecule has 2 heterocycles. The summed E-state index contributed by atoms with van der Waals surface area (Å²) in [5.74, 6) is 1.87. The Hall–Kier alpha value is -2.44. The molecule has 0 spiro atoms. The number of rotatable bonds is 2. The molecule has 132 valence electrons. The highest BCUT2D eigenvalue weighted by Gasteiger charge is 2.27. The minimum Gasteiger partial charge on any atom is -0.492 e. The second kappa shape index (κ2) is 7.63. The van der Waals surface area contributed by atoms with Gasteiger partial charge in [0.15, 0.2) is 11.5 Å². The highest BCUT2D eigenvalue weighted by molar-refractivity contribution is 5.94. The Morgan fingerprint density at radius 3 is 2.80 bits per heavy atom. The molecule has 2 N–H and O–H groups in total. The first-order valence-electron chi connectivity index (χ1n) is 7.95. The predicted octanol–water partition coefficient (Wildman–Crippen LogP) is 2.37. The summed E-state index contributed by atoms with van der Waals surface area (Å²) in [6.07, 6.45) is -0.673. The van der Waals surface area contributed by atoms with E-state index < -0.39 is 6.10 Å². The van der Waals surface area contributed by atoms with Gasteiger partial charge in [0, 0.05) is 24.3 Å². The number of fused-ring (bicyclic) bond motifs is 2. The Morgan fingerprint density at radius 2 is 1.92 bits per heavy atom. The molecular weight excluding hydrogens is 344 g/mol. The van der Waals surface area contributed by atoms with Gasteiger partial charge in [0.2, 0.25) is 6.10 Å². The molecule has 0 bridgehead atoms. The molecule has 1 amide bonds. The van der Waals surface area contributed by atoms with Crippen LogP contribution in [0.25, 0.3) is 0 Å². The summed E-state index contributed by atoms with van der Waals surface area (Å²) in [6.45, 7) is 2.36. The van der Waals surface area contributed by atoms with Crippen molar-refractivity contribution in [1.29, 1.82) is 0 Å². The summed E-state index contributed by atoms with van der Waals surface area (Å²) >= 11 is 0. The van der Waals surface area contributed by atoms with Crippen molar-refractivity contribution in [2.24, 2.45) is 0 Å². The SMILES string of the molecule is Cl.O=C(Nc1ccc2c(c1)CNCCO2)C1COc2ccccc2O1. The van der Waals surface area contributed by atoms with Gasteiger partial charge in [-0.05, 0) is 30.3 Å². The molecule has 2 aliphatic rings. The fourth-order valence-electron chi connectivity index (χ4n) is 2.76. The highest BCUT2D eigenvalue weighted by Crippen LogP contribution is 2.31. The van der Waals surface area contributed by atoms with E-state index >= 15 is 0 Å². The van der Waals surface area contributed by atoms with Gasteiger partial charge < -0.3 is 24.8 Å². The summed E-state index contributed by atoms with van der Waals surface area (Å²) in [5.41, 5.74) is 1.74.